The number of hydrogen-bond acceptors (Lipinski definition) is 1. The molecule has 9 heavy (non-hydrogen) atoms. The molecule has 0 aliphatic heterocycles. The summed E-state index contributed by atoms with van der Waals surface area (Å²) in [5, 5.41) is 0. The second-order valence-corrected chi connectivity index (χ2v) is 8.86. The van der Waals surface area contributed by atoms with Crippen LogP contribution in [0.4, 0.5) is 0 Å². The molecule has 1 rings (SSSR count). The monoisotopic (exact) mass is 289 g/mol. The molecule has 1 nitrogen and oxygen atoms in total. The molecule has 0 aromatic heterocycles. The Kier molecular flexibility index (Phi) is 2.86. The van der Waals surface area contributed by atoms with Crippen molar-refractivity contribution in [3.8, 4) is 0 Å². The molecule has 1 aliphatic carbocycles. The molecule has 0 N–H and O–H groups in total. The average molecular weight is 288 g/mol. The van der Waals surface area contributed by atoms with E-state index in [4.69, 9.17) is 0 Å². The third-order valence-corrected chi connectivity index (χ3v) is 5.46. The van der Waals surface area contributed by atoms with Gasteiger partial charge in [-0.25, -0.2) is 0 Å². The van der Waals surface area contributed by atoms with Crippen LogP contribution in [0.15, 0.2) is 24.3 Å². The minimum atomic E-state index is -0.478. The first-order valence-corrected chi connectivity index (χ1v) is 6.75. The molecule has 0 spiro atoms. The Balaban J connectivity index is 2.29. The normalized spacial score (nSPS) is 17.7. The Hall–Kier alpha value is 0.310. The average Bonchev–Trinajstić information content (AvgIpc) is 2.15. The molecule has 0 aromatic rings. The van der Waals surface area contributed by atoms with E-state index in [1.165, 1.54) is 0 Å². The molecular weight excluding hydrogens is 277 g/mol. The molecule has 48 valence electrons. The minimum absolute atomic E-state index is 0.478. The van der Waals surface area contributed by atoms with Gasteiger partial charge >= 0.3 is 68.2 Å². The predicted octanol–water partition coefficient (Wildman–Crippen LogP) is 1.46. The van der Waals surface area contributed by atoms with Crippen molar-refractivity contribution >= 4 is 0 Å². The van der Waals surface area contributed by atoms with Crippen molar-refractivity contribution in [1.82, 2.24) is 2.89 Å². The van der Waals surface area contributed by atoms with E-state index < -0.39 is 23.2 Å². The van der Waals surface area contributed by atoms with Crippen molar-refractivity contribution in [3.05, 3.63) is 24.3 Å². The number of rotatable bonds is 2. The molecule has 0 unspecified atom stereocenters. The van der Waals surface area contributed by atoms with Gasteiger partial charge in [0.25, 0.3) is 0 Å². The molecule has 0 saturated carbocycles. The molecule has 0 fully saturated rings. The second-order valence-electron chi connectivity index (χ2n) is 2.32. The van der Waals surface area contributed by atoms with Crippen LogP contribution in [0.2, 0.25) is 3.67 Å². The summed E-state index contributed by atoms with van der Waals surface area (Å²) < 4.78 is 3.24. The first-order valence-electron chi connectivity index (χ1n) is 3.07. The summed E-state index contributed by atoms with van der Waals surface area (Å²) in [5.41, 5.74) is 0. The Morgan fingerprint density at radius 2 is 1.78 bits per heavy atom. The third-order valence-electron chi connectivity index (χ3n) is 1.16. The standard InChI is InChI=1S/C5H5.C2H6N.Hf/c1-2-4-5-3-1;1-3-2;/h1-5H;1-2H3;/q;-1;+1. The van der Waals surface area contributed by atoms with Crippen LogP contribution in [0, 0.1) is 0 Å². The molecule has 0 amide bonds. The fraction of sp³-hybridized carbons (Fsp3) is 0.429. The molecule has 1 aliphatic rings. The van der Waals surface area contributed by atoms with E-state index in [1.807, 2.05) is 0 Å². The quantitative estimate of drug-likeness (QED) is 0.695. The summed E-state index contributed by atoms with van der Waals surface area (Å²) in [6.07, 6.45) is 8.93. The fourth-order valence-corrected chi connectivity index (χ4v) is 4.38. The van der Waals surface area contributed by atoms with Crippen LogP contribution in [0.5, 0.6) is 0 Å². The predicted molar refractivity (Wildman–Crippen MR) is 35.7 cm³/mol. The van der Waals surface area contributed by atoms with Crippen molar-refractivity contribution in [2.24, 2.45) is 0 Å². The van der Waals surface area contributed by atoms with E-state index in [0.717, 1.165) is 3.67 Å². The van der Waals surface area contributed by atoms with E-state index in [9.17, 15) is 0 Å². The number of allylic oxidation sites excluding steroid dienone is 4. The van der Waals surface area contributed by atoms with E-state index in [-0.39, 0.29) is 0 Å². The van der Waals surface area contributed by atoms with Gasteiger partial charge in [-0.3, -0.25) is 0 Å². The van der Waals surface area contributed by atoms with Crippen molar-refractivity contribution in [3.63, 3.8) is 0 Å². The first kappa shape index (κ1) is 7.42. The van der Waals surface area contributed by atoms with Gasteiger partial charge in [-0.1, -0.05) is 0 Å². The van der Waals surface area contributed by atoms with Gasteiger partial charge in [-0.2, -0.15) is 0 Å². The van der Waals surface area contributed by atoms with E-state index >= 15 is 0 Å². The van der Waals surface area contributed by atoms with Crippen LogP contribution in [0.25, 0.3) is 0 Å². The summed E-state index contributed by atoms with van der Waals surface area (Å²) in [6.45, 7) is 0. The SMILES string of the molecule is C[N](C)[Hf][CH]1C=CC=C1. The molecule has 0 atom stereocenters. The fourth-order valence-electron chi connectivity index (χ4n) is 0.816. The van der Waals surface area contributed by atoms with Crippen molar-refractivity contribution in [1.29, 1.82) is 0 Å². The van der Waals surface area contributed by atoms with Gasteiger partial charge in [-0.05, 0) is 0 Å². The van der Waals surface area contributed by atoms with Crippen LogP contribution in [-0.2, 0) is 23.2 Å². The first-order chi connectivity index (χ1) is 4.29. The molecule has 2 heteroatoms. The van der Waals surface area contributed by atoms with E-state index in [1.54, 1.807) is 0 Å². The Bertz CT molecular complexity index is 126. The van der Waals surface area contributed by atoms with Crippen LogP contribution in [0.1, 0.15) is 0 Å². The van der Waals surface area contributed by atoms with Gasteiger partial charge in [-0.15, -0.1) is 0 Å². The van der Waals surface area contributed by atoms with Gasteiger partial charge in [0, 0.05) is 0 Å². The zero-order chi connectivity index (χ0) is 6.69. The summed E-state index contributed by atoms with van der Waals surface area (Å²) in [5.74, 6) is 0. The summed E-state index contributed by atoms with van der Waals surface area (Å²) >= 11 is -0.478. The molecule has 0 aromatic carbocycles. The van der Waals surface area contributed by atoms with Crippen molar-refractivity contribution in [2.45, 2.75) is 3.67 Å². The third kappa shape index (κ3) is 2.59. The summed E-state index contributed by atoms with van der Waals surface area (Å²) in [6, 6.07) is 0. The van der Waals surface area contributed by atoms with Crippen molar-refractivity contribution < 1.29 is 23.2 Å². The Morgan fingerprint density at radius 1 is 1.22 bits per heavy atom. The van der Waals surface area contributed by atoms with Crippen LogP contribution >= 0.6 is 0 Å². The van der Waals surface area contributed by atoms with Crippen LogP contribution in [-0.4, -0.2) is 17.0 Å². The zero-order valence-electron chi connectivity index (χ0n) is 5.83. The van der Waals surface area contributed by atoms with E-state index in [2.05, 4.69) is 41.3 Å². The Labute approximate surface area is 68.2 Å². The maximum absolute atomic E-state index is 2.39. The number of hydrogen-bond donors (Lipinski definition) is 0. The van der Waals surface area contributed by atoms with Gasteiger partial charge in [0.05, 0.1) is 0 Å². The van der Waals surface area contributed by atoms with Crippen LogP contribution in [0.3, 0.4) is 0 Å². The molecule has 0 bridgehead atoms. The van der Waals surface area contributed by atoms with Crippen molar-refractivity contribution in [2.75, 3.05) is 14.1 Å². The zero-order valence-corrected chi connectivity index (χ0v) is 9.43. The molecule has 0 radical (unpaired) electrons. The summed E-state index contributed by atoms with van der Waals surface area (Å²) in [4.78, 5) is 0. The molecular formula is C7H11HfN. The molecule has 0 heterocycles. The topological polar surface area (TPSA) is 3.24 Å². The van der Waals surface area contributed by atoms with Gasteiger partial charge in [0.1, 0.15) is 0 Å². The van der Waals surface area contributed by atoms with Gasteiger partial charge < -0.3 is 0 Å². The summed E-state index contributed by atoms with van der Waals surface area (Å²) in [7, 11) is 4.37. The maximum atomic E-state index is 2.39. The van der Waals surface area contributed by atoms with Gasteiger partial charge in [0.2, 0.25) is 0 Å². The molecule has 0 saturated heterocycles. The second kappa shape index (κ2) is 3.47. The van der Waals surface area contributed by atoms with Crippen LogP contribution < -0.4 is 0 Å². The van der Waals surface area contributed by atoms with E-state index in [0.29, 0.717) is 0 Å². The number of nitrogens with zero attached hydrogens (tertiary/aromatic N) is 1. The van der Waals surface area contributed by atoms with Gasteiger partial charge in [0.15, 0.2) is 0 Å². The Morgan fingerprint density at radius 3 is 2.22 bits per heavy atom.